The van der Waals surface area contributed by atoms with Crippen molar-refractivity contribution in [3.05, 3.63) is 28.8 Å². The van der Waals surface area contributed by atoms with E-state index in [9.17, 15) is 0 Å². The molecule has 0 aliphatic heterocycles. The fraction of sp³-hybridized carbons (Fsp3) is 0.571. The van der Waals surface area contributed by atoms with Gasteiger partial charge in [0.1, 0.15) is 5.75 Å². The molecule has 0 aliphatic carbocycles. The Morgan fingerprint density at radius 3 is 2.53 bits per heavy atom. The first-order chi connectivity index (χ1) is 8.17. The molecule has 0 heterocycles. The van der Waals surface area contributed by atoms with Crippen molar-refractivity contribution in [2.24, 2.45) is 0 Å². The molecule has 0 saturated heterocycles. The minimum atomic E-state index is 0.709. The van der Waals surface area contributed by atoms with Crippen molar-refractivity contribution in [3.63, 3.8) is 0 Å². The van der Waals surface area contributed by atoms with Gasteiger partial charge in [-0.3, -0.25) is 0 Å². The molecule has 0 radical (unpaired) electrons. The summed E-state index contributed by atoms with van der Waals surface area (Å²) in [4.78, 5) is 1.61. The SMILES string of the molecule is CC[NH+](CC)CCCOc1ccc(C)cc1Cl. The molecule has 0 saturated carbocycles. The molecule has 1 aromatic rings. The van der Waals surface area contributed by atoms with Crippen molar-refractivity contribution < 1.29 is 9.64 Å². The minimum Gasteiger partial charge on any atom is -0.492 e. The lowest BCUT2D eigenvalue weighted by atomic mass is 10.2. The third kappa shape index (κ3) is 4.97. The summed E-state index contributed by atoms with van der Waals surface area (Å²) in [6.45, 7) is 10.7. The Labute approximate surface area is 110 Å². The Morgan fingerprint density at radius 1 is 1.24 bits per heavy atom. The van der Waals surface area contributed by atoms with Crippen LogP contribution >= 0.6 is 11.6 Å². The zero-order chi connectivity index (χ0) is 12.7. The lowest BCUT2D eigenvalue weighted by Gasteiger charge is -2.15. The Balaban J connectivity index is 2.31. The predicted molar refractivity (Wildman–Crippen MR) is 73.2 cm³/mol. The molecule has 0 spiro atoms. The first-order valence-electron chi connectivity index (χ1n) is 6.39. The van der Waals surface area contributed by atoms with Crippen LogP contribution in [0, 0.1) is 6.92 Å². The van der Waals surface area contributed by atoms with E-state index < -0.39 is 0 Å². The molecule has 17 heavy (non-hydrogen) atoms. The van der Waals surface area contributed by atoms with Crippen molar-refractivity contribution in [3.8, 4) is 5.75 Å². The maximum absolute atomic E-state index is 6.10. The molecule has 0 atom stereocenters. The van der Waals surface area contributed by atoms with Crippen LogP contribution in [0.25, 0.3) is 0 Å². The van der Waals surface area contributed by atoms with Crippen LogP contribution in [0.1, 0.15) is 25.8 Å². The van der Waals surface area contributed by atoms with Crippen molar-refractivity contribution in [2.75, 3.05) is 26.2 Å². The Bertz CT molecular complexity index is 337. The number of ether oxygens (including phenoxy) is 1. The predicted octanol–water partition coefficient (Wildman–Crippen LogP) is 2.34. The molecule has 1 rings (SSSR count). The second kappa shape index (κ2) is 7.57. The molecule has 0 fully saturated rings. The van der Waals surface area contributed by atoms with Crippen LogP contribution in [0.5, 0.6) is 5.75 Å². The normalized spacial score (nSPS) is 10.9. The van der Waals surface area contributed by atoms with E-state index in [1.165, 1.54) is 13.1 Å². The van der Waals surface area contributed by atoms with Gasteiger partial charge in [-0.25, -0.2) is 0 Å². The molecular formula is C14H23ClNO+. The van der Waals surface area contributed by atoms with E-state index in [1.54, 1.807) is 4.90 Å². The minimum absolute atomic E-state index is 0.709. The van der Waals surface area contributed by atoms with Crippen LogP contribution in [-0.2, 0) is 0 Å². The van der Waals surface area contributed by atoms with Crippen LogP contribution in [0.15, 0.2) is 18.2 Å². The van der Waals surface area contributed by atoms with Gasteiger partial charge >= 0.3 is 0 Å². The van der Waals surface area contributed by atoms with Gasteiger partial charge in [-0.15, -0.1) is 0 Å². The van der Waals surface area contributed by atoms with Gasteiger partial charge in [0.05, 0.1) is 31.3 Å². The summed E-state index contributed by atoms with van der Waals surface area (Å²) in [5.41, 5.74) is 1.16. The third-order valence-electron chi connectivity index (χ3n) is 3.02. The lowest BCUT2D eigenvalue weighted by Crippen LogP contribution is -3.11. The largest absolute Gasteiger partial charge is 0.492 e. The molecule has 0 unspecified atom stereocenters. The molecule has 96 valence electrons. The summed E-state index contributed by atoms with van der Waals surface area (Å²) < 4.78 is 5.69. The van der Waals surface area contributed by atoms with Crippen LogP contribution in [0.4, 0.5) is 0 Å². The Kier molecular flexibility index (Phi) is 6.38. The Hall–Kier alpha value is -0.730. The summed E-state index contributed by atoms with van der Waals surface area (Å²) in [5, 5.41) is 0.709. The van der Waals surface area contributed by atoms with Crippen LogP contribution in [-0.4, -0.2) is 26.2 Å². The second-order valence-corrected chi connectivity index (χ2v) is 4.75. The third-order valence-corrected chi connectivity index (χ3v) is 3.31. The number of hydrogen-bond donors (Lipinski definition) is 1. The molecule has 3 heteroatoms. The summed E-state index contributed by atoms with van der Waals surface area (Å²) >= 11 is 6.10. The van der Waals surface area contributed by atoms with E-state index in [2.05, 4.69) is 13.8 Å². The zero-order valence-electron chi connectivity index (χ0n) is 11.1. The standard InChI is InChI=1S/C14H22ClNO/c1-4-16(5-2)9-6-10-17-14-8-7-12(3)11-13(14)15/h7-8,11H,4-6,9-10H2,1-3H3/p+1. The fourth-order valence-electron chi connectivity index (χ4n) is 1.83. The van der Waals surface area contributed by atoms with E-state index in [4.69, 9.17) is 16.3 Å². The monoisotopic (exact) mass is 256 g/mol. The maximum Gasteiger partial charge on any atom is 0.137 e. The molecule has 2 nitrogen and oxygen atoms in total. The summed E-state index contributed by atoms with van der Waals surface area (Å²) in [5.74, 6) is 0.798. The number of rotatable bonds is 7. The average Bonchev–Trinajstić information content (AvgIpc) is 2.32. The maximum atomic E-state index is 6.10. The van der Waals surface area contributed by atoms with Crippen LogP contribution < -0.4 is 9.64 Å². The summed E-state index contributed by atoms with van der Waals surface area (Å²) in [6, 6.07) is 5.91. The molecule has 0 bridgehead atoms. The molecule has 0 aliphatic rings. The highest BCUT2D eigenvalue weighted by atomic mass is 35.5. The lowest BCUT2D eigenvalue weighted by molar-refractivity contribution is -0.896. The van der Waals surface area contributed by atoms with Gasteiger partial charge in [-0.2, -0.15) is 0 Å². The molecule has 0 aromatic heterocycles. The number of hydrogen-bond acceptors (Lipinski definition) is 1. The quantitative estimate of drug-likeness (QED) is 0.740. The average molecular weight is 257 g/mol. The first kappa shape index (κ1) is 14.3. The number of quaternary nitrogens is 1. The van der Waals surface area contributed by atoms with Gasteiger partial charge in [-0.05, 0) is 38.5 Å². The van der Waals surface area contributed by atoms with Crippen molar-refractivity contribution >= 4 is 11.6 Å². The topological polar surface area (TPSA) is 13.7 Å². The molecule has 0 amide bonds. The van der Waals surface area contributed by atoms with Crippen molar-refractivity contribution in [1.82, 2.24) is 0 Å². The molecule has 1 aromatic carbocycles. The van der Waals surface area contributed by atoms with E-state index in [0.29, 0.717) is 5.02 Å². The van der Waals surface area contributed by atoms with Gasteiger partial charge in [0.15, 0.2) is 0 Å². The number of benzene rings is 1. The van der Waals surface area contributed by atoms with Gasteiger partial charge in [0, 0.05) is 6.42 Å². The number of halogens is 1. The van der Waals surface area contributed by atoms with E-state index in [0.717, 1.165) is 30.9 Å². The molecule has 1 N–H and O–H groups in total. The summed E-state index contributed by atoms with van der Waals surface area (Å²) in [7, 11) is 0. The first-order valence-corrected chi connectivity index (χ1v) is 6.77. The number of nitrogens with one attached hydrogen (secondary N) is 1. The highest BCUT2D eigenvalue weighted by Gasteiger charge is 2.04. The van der Waals surface area contributed by atoms with Gasteiger partial charge in [0.2, 0.25) is 0 Å². The van der Waals surface area contributed by atoms with Crippen molar-refractivity contribution in [2.45, 2.75) is 27.2 Å². The van der Waals surface area contributed by atoms with E-state index in [1.807, 2.05) is 25.1 Å². The smallest absolute Gasteiger partial charge is 0.137 e. The fourth-order valence-corrected chi connectivity index (χ4v) is 2.12. The van der Waals surface area contributed by atoms with Crippen LogP contribution in [0.3, 0.4) is 0 Å². The van der Waals surface area contributed by atoms with Gasteiger partial charge in [0.25, 0.3) is 0 Å². The highest BCUT2D eigenvalue weighted by molar-refractivity contribution is 6.32. The van der Waals surface area contributed by atoms with E-state index in [-0.39, 0.29) is 0 Å². The number of aryl methyl sites for hydroxylation is 1. The van der Waals surface area contributed by atoms with E-state index >= 15 is 0 Å². The Morgan fingerprint density at radius 2 is 1.94 bits per heavy atom. The second-order valence-electron chi connectivity index (χ2n) is 4.34. The zero-order valence-corrected chi connectivity index (χ0v) is 11.8. The van der Waals surface area contributed by atoms with Crippen molar-refractivity contribution in [1.29, 1.82) is 0 Å². The highest BCUT2D eigenvalue weighted by Crippen LogP contribution is 2.24. The summed E-state index contributed by atoms with van der Waals surface area (Å²) in [6.07, 6.45) is 1.07. The molecular weight excluding hydrogens is 234 g/mol. The van der Waals surface area contributed by atoms with Gasteiger partial charge < -0.3 is 9.64 Å². The van der Waals surface area contributed by atoms with Crippen LogP contribution in [0.2, 0.25) is 5.02 Å². The van der Waals surface area contributed by atoms with Gasteiger partial charge in [-0.1, -0.05) is 17.7 Å².